The van der Waals surface area contributed by atoms with Crippen LogP contribution >= 0.6 is 0 Å². The van der Waals surface area contributed by atoms with Gasteiger partial charge in [-0.05, 0) is 44.6 Å². The minimum absolute atomic E-state index is 0.451. The molecule has 0 aliphatic heterocycles. The summed E-state index contributed by atoms with van der Waals surface area (Å²) in [6.45, 7) is 9.99. The highest BCUT2D eigenvalue weighted by Gasteiger charge is 2.27. The average molecular weight is 249 g/mol. The van der Waals surface area contributed by atoms with Gasteiger partial charge in [-0.15, -0.1) is 0 Å². The molecular weight excluding hydrogens is 222 g/mol. The summed E-state index contributed by atoms with van der Waals surface area (Å²) >= 11 is 0. The minimum atomic E-state index is 0.451. The molecule has 1 aliphatic rings. The van der Waals surface area contributed by atoms with E-state index in [1.54, 1.807) is 0 Å². The first-order valence-corrected chi connectivity index (χ1v) is 7.24. The summed E-state index contributed by atoms with van der Waals surface area (Å²) in [4.78, 5) is 0. The number of nitrogens with one attached hydrogen (secondary N) is 1. The number of aromatic nitrogens is 2. The van der Waals surface area contributed by atoms with E-state index in [1.807, 2.05) is 4.68 Å². The van der Waals surface area contributed by atoms with Gasteiger partial charge in [0.05, 0.1) is 5.69 Å². The van der Waals surface area contributed by atoms with Gasteiger partial charge in [-0.25, -0.2) is 0 Å². The summed E-state index contributed by atoms with van der Waals surface area (Å²) in [7, 11) is 0. The largest absolute Gasteiger partial charge is 0.308 e. The van der Waals surface area contributed by atoms with Gasteiger partial charge in [-0.3, -0.25) is 4.68 Å². The van der Waals surface area contributed by atoms with Crippen LogP contribution < -0.4 is 5.32 Å². The molecule has 2 rings (SSSR count). The van der Waals surface area contributed by atoms with Crippen molar-refractivity contribution in [1.82, 2.24) is 15.1 Å². The first-order chi connectivity index (χ1) is 8.46. The van der Waals surface area contributed by atoms with Crippen molar-refractivity contribution in [3.8, 4) is 0 Å². The lowest BCUT2D eigenvalue weighted by Crippen LogP contribution is -2.36. The van der Waals surface area contributed by atoms with Gasteiger partial charge in [-0.1, -0.05) is 20.3 Å². The standard InChI is InChI=1S/C15H27N3/c1-12(2)18-9-7-14(17-18)11-16-13-6-5-8-15(3,4)10-13/h7,9,12-13,16H,5-6,8,10-11H2,1-4H3. The van der Waals surface area contributed by atoms with E-state index in [4.69, 9.17) is 0 Å². The second-order valence-electron chi connectivity index (χ2n) is 6.72. The third kappa shape index (κ3) is 3.58. The molecular formula is C15H27N3. The van der Waals surface area contributed by atoms with E-state index in [2.05, 4.69) is 50.4 Å². The molecule has 0 saturated heterocycles. The van der Waals surface area contributed by atoms with Crippen LogP contribution in [0.25, 0.3) is 0 Å². The third-order valence-electron chi connectivity index (χ3n) is 3.97. The Kier molecular flexibility index (Phi) is 4.10. The van der Waals surface area contributed by atoms with Crippen molar-refractivity contribution in [3.63, 3.8) is 0 Å². The molecule has 0 spiro atoms. The molecule has 0 radical (unpaired) electrons. The van der Waals surface area contributed by atoms with Crippen LogP contribution in [0.2, 0.25) is 0 Å². The van der Waals surface area contributed by atoms with Crippen LogP contribution in [-0.4, -0.2) is 15.8 Å². The van der Waals surface area contributed by atoms with Crippen molar-refractivity contribution in [2.75, 3.05) is 0 Å². The summed E-state index contributed by atoms with van der Waals surface area (Å²) in [5.74, 6) is 0. The molecule has 1 aliphatic carbocycles. The summed E-state index contributed by atoms with van der Waals surface area (Å²) in [6, 6.07) is 3.24. The van der Waals surface area contributed by atoms with Gasteiger partial charge >= 0.3 is 0 Å². The van der Waals surface area contributed by atoms with Crippen molar-refractivity contribution in [2.45, 2.75) is 72.0 Å². The Hall–Kier alpha value is -0.830. The maximum absolute atomic E-state index is 4.58. The molecule has 1 atom stereocenters. The molecule has 1 aromatic rings. The Balaban J connectivity index is 1.83. The normalized spacial score (nSPS) is 23.5. The van der Waals surface area contributed by atoms with Crippen molar-refractivity contribution < 1.29 is 0 Å². The fraction of sp³-hybridized carbons (Fsp3) is 0.800. The molecule has 102 valence electrons. The van der Waals surface area contributed by atoms with Gasteiger partial charge in [0.2, 0.25) is 0 Å². The van der Waals surface area contributed by atoms with Gasteiger partial charge in [0.15, 0.2) is 0 Å². The van der Waals surface area contributed by atoms with Crippen molar-refractivity contribution >= 4 is 0 Å². The molecule has 0 amide bonds. The molecule has 1 heterocycles. The lowest BCUT2D eigenvalue weighted by atomic mass is 9.75. The van der Waals surface area contributed by atoms with Crippen LogP contribution in [0.4, 0.5) is 0 Å². The molecule has 1 aromatic heterocycles. The van der Waals surface area contributed by atoms with Gasteiger partial charge in [-0.2, -0.15) is 5.10 Å². The van der Waals surface area contributed by atoms with E-state index in [1.165, 1.54) is 25.7 Å². The van der Waals surface area contributed by atoms with Crippen LogP contribution in [0.1, 0.15) is 65.1 Å². The maximum Gasteiger partial charge on any atom is 0.0762 e. The first-order valence-electron chi connectivity index (χ1n) is 7.24. The Bertz CT molecular complexity index is 379. The third-order valence-corrected chi connectivity index (χ3v) is 3.97. The van der Waals surface area contributed by atoms with Gasteiger partial charge in [0.1, 0.15) is 0 Å². The molecule has 18 heavy (non-hydrogen) atoms. The highest BCUT2D eigenvalue weighted by atomic mass is 15.3. The second-order valence-corrected chi connectivity index (χ2v) is 6.72. The Morgan fingerprint density at radius 3 is 2.89 bits per heavy atom. The molecule has 1 fully saturated rings. The summed E-state index contributed by atoms with van der Waals surface area (Å²) < 4.78 is 2.03. The summed E-state index contributed by atoms with van der Waals surface area (Å²) in [6.07, 6.45) is 7.40. The van der Waals surface area contributed by atoms with E-state index < -0.39 is 0 Å². The van der Waals surface area contributed by atoms with E-state index in [0.717, 1.165) is 12.2 Å². The fourth-order valence-electron chi connectivity index (χ4n) is 2.88. The lowest BCUT2D eigenvalue weighted by molar-refractivity contribution is 0.197. The van der Waals surface area contributed by atoms with Crippen LogP contribution in [0.15, 0.2) is 12.3 Å². The number of rotatable bonds is 4. The zero-order valence-corrected chi connectivity index (χ0v) is 12.2. The molecule has 0 bridgehead atoms. The molecule has 1 N–H and O–H groups in total. The van der Waals surface area contributed by atoms with E-state index in [-0.39, 0.29) is 0 Å². The van der Waals surface area contributed by atoms with Crippen LogP contribution in [0.3, 0.4) is 0 Å². The van der Waals surface area contributed by atoms with Crippen LogP contribution in [-0.2, 0) is 6.54 Å². The second kappa shape index (κ2) is 5.43. The molecule has 3 nitrogen and oxygen atoms in total. The zero-order chi connectivity index (χ0) is 13.2. The van der Waals surface area contributed by atoms with Gasteiger partial charge in [0, 0.05) is 24.8 Å². The van der Waals surface area contributed by atoms with E-state index >= 15 is 0 Å². The Morgan fingerprint density at radius 1 is 1.50 bits per heavy atom. The molecule has 1 unspecified atom stereocenters. The van der Waals surface area contributed by atoms with Crippen molar-refractivity contribution in [1.29, 1.82) is 0 Å². The van der Waals surface area contributed by atoms with Gasteiger partial charge < -0.3 is 5.32 Å². The van der Waals surface area contributed by atoms with Crippen molar-refractivity contribution in [2.24, 2.45) is 5.41 Å². The lowest BCUT2D eigenvalue weighted by Gasteiger charge is -2.35. The Morgan fingerprint density at radius 2 is 2.28 bits per heavy atom. The Labute approximate surface area is 111 Å². The fourth-order valence-corrected chi connectivity index (χ4v) is 2.88. The predicted octanol–water partition coefficient (Wildman–Crippen LogP) is 3.52. The maximum atomic E-state index is 4.58. The monoisotopic (exact) mass is 249 g/mol. The van der Waals surface area contributed by atoms with E-state index in [9.17, 15) is 0 Å². The highest BCUT2D eigenvalue weighted by Crippen LogP contribution is 2.35. The highest BCUT2D eigenvalue weighted by molar-refractivity contribution is 4.99. The number of hydrogen-bond acceptors (Lipinski definition) is 2. The SMILES string of the molecule is CC(C)n1ccc(CNC2CCCC(C)(C)C2)n1. The predicted molar refractivity (Wildman–Crippen MR) is 75.5 cm³/mol. The number of hydrogen-bond donors (Lipinski definition) is 1. The van der Waals surface area contributed by atoms with Crippen molar-refractivity contribution in [3.05, 3.63) is 18.0 Å². The summed E-state index contributed by atoms with van der Waals surface area (Å²) in [5, 5.41) is 8.25. The summed E-state index contributed by atoms with van der Waals surface area (Å²) in [5.41, 5.74) is 1.67. The van der Waals surface area contributed by atoms with Crippen LogP contribution in [0.5, 0.6) is 0 Å². The molecule has 0 aromatic carbocycles. The quantitative estimate of drug-likeness (QED) is 0.884. The smallest absolute Gasteiger partial charge is 0.0762 e. The minimum Gasteiger partial charge on any atom is -0.308 e. The van der Waals surface area contributed by atoms with E-state index in [0.29, 0.717) is 17.5 Å². The van der Waals surface area contributed by atoms with Crippen LogP contribution in [0, 0.1) is 5.41 Å². The molecule has 3 heteroatoms. The zero-order valence-electron chi connectivity index (χ0n) is 12.2. The van der Waals surface area contributed by atoms with Gasteiger partial charge in [0.25, 0.3) is 0 Å². The first kappa shape index (κ1) is 13.6. The topological polar surface area (TPSA) is 29.9 Å². The number of nitrogens with zero attached hydrogens (tertiary/aromatic N) is 2. The molecule has 1 saturated carbocycles. The average Bonchev–Trinajstić information content (AvgIpc) is 2.74.